The molecule has 2 rings (SSSR count). The number of thioether (sulfide) groups is 1. The second-order valence-electron chi connectivity index (χ2n) is 4.71. The number of nitrogen functional groups attached to an aromatic ring is 1. The van der Waals surface area contributed by atoms with Crippen LogP contribution in [0.5, 0.6) is 0 Å². The number of nitrogens with two attached hydrogens (primary N) is 1. The van der Waals surface area contributed by atoms with E-state index in [9.17, 15) is 4.79 Å². The van der Waals surface area contributed by atoms with E-state index in [1.54, 1.807) is 31.1 Å². The van der Waals surface area contributed by atoms with Gasteiger partial charge in [0.25, 0.3) is 5.91 Å². The van der Waals surface area contributed by atoms with Crippen LogP contribution in [0, 0.1) is 0 Å². The van der Waals surface area contributed by atoms with Gasteiger partial charge in [0.2, 0.25) is 0 Å². The molecule has 0 radical (unpaired) electrons. The number of carbonyl (C=O) groups is 1. The van der Waals surface area contributed by atoms with Gasteiger partial charge in [-0.05, 0) is 30.4 Å². The number of nitrogens with zero attached hydrogens (tertiary/aromatic N) is 1. The summed E-state index contributed by atoms with van der Waals surface area (Å²) in [7, 11) is 3.50. The van der Waals surface area contributed by atoms with Gasteiger partial charge >= 0.3 is 0 Å². The minimum atomic E-state index is -0.00107. The van der Waals surface area contributed by atoms with Crippen molar-refractivity contribution < 1.29 is 4.79 Å². The van der Waals surface area contributed by atoms with Gasteiger partial charge in [0, 0.05) is 31.5 Å². The van der Waals surface area contributed by atoms with Crippen LogP contribution in [0.1, 0.15) is 16.8 Å². The van der Waals surface area contributed by atoms with E-state index in [1.165, 1.54) is 5.75 Å². The van der Waals surface area contributed by atoms with Crippen molar-refractivity contribution in [3.05, 3.63) is 23.8 Å². The van der Waals surface area contributed by atoms with Crippen LogP contribution in [0.25, 0.3) is 0 Å². The molecule has 1 unspecified atom stereocenters. The monoisotopic (exact) mass is 265 g/mol. The van der Waals surface area contributed by atoms with Gasteiger partial charge in [0.1, 0.15) is 0 Å². The van der Waals surface area contributed by atoms with Gasteiger partial charge in [-0.25, -0.2) is 0 Å². The fraction of sp³-hybridized carbons (Fsp3) is 0.462. The summed E-state index contributed by atoms with van der Waals surface area (Å²) in [4.78, 5) is 13.5. The highest BCUT2D eigenvalue weighted by atomic mass is 32.2. The minimum absolute atomic E-state index is 0.00107. The van der Waals surface area contributed by atoms with Gasteiger partial charge in [-0.15, -0.1) is 0 Å². The lowest BCUT2D eigenvalue weighted by atomic mass is 10.1. The third-order valence-corrected chi connectivity index (χ3v) is 4.16. The first-order valence-electron chi connectivity index (χ1n) is 6.03. The van der Waals surface area contributed by atoms with Gasteiger partial charge in [-0.3, -0.25) is 4.79 Å². The Balaban J connectivity index is 2.18. The maximum Gasteiger partial charge on any atom is 0.253 e. The summed E-state index contributed by atoms with van der Waals surface area (Å²) < 4.78 is 0. The van der Waals surface area contributed by atoms with Crippen molar-refractivity contribution in [3.63, 3.8) is 0 Å². The highest BCUT2D eigenvalue weighted by molar-refractivity contribution is 7.99. The number of hydrogen-bond donors (Lipinski definition) is 2. The fourth-order valence-electron chi connectivity index (χ4n) is 1.94. The standard InChI is InChI=1S/C13H19N3OS/c1-16(2)13(17)9-3-4-11(14)12(7-9)15-10-5-6-18-8-10/h3-4,7,10,15H,5-6,8,14H2,1-2H3. The van der Waals surface area contributed by atoms with Gasteiger partial charge in [0.05, 0.1) is 11.4 Å². The number of anilines is 2. The van der Waals surface area contributed by atoms with Crippen LogP contribution in [0.15, 0.2) is 18.2 Å². The first kappa shape index (κ1) is 13.1. The van der Waals surface area contributed by atoms with Crippen LogP contribution in [-0.4, -0.2) is 42.4 Å². The zero-order valence-electron chi connectivity index (χ0n) is 10.8. The molecule has 0 saturated carbocycles. The number of nitrogens with one attached hydrogen (secondary N) is 1. The summed E-state index contributed by atoms with van der Waals surface area (Å²) in [6.45, 7) is 0. The van der Waals surface area contributed by atoms with Crippen LogP contribution >= 0.6 is 11.8 Å². The lowest BCUT2D eigenvalue weighted by Gasteiger charge is -2.17. The Kier molecular flexibility index (Phi) is 4.01. The van der Waals surface area contributed by atoms with E-state index in [4.69, 9.17) is 5.73 Å². The lowest BCUT2D eigenvalue weighted by molar-refractivity contribution is 0.0827. The number of benzene rings is 1. The molecule has 1 amide bonds. The molecule has 4 nitrogen and oxygen atoms in total. The summed E-state index contributed by atoms with van der Waals surface area (Å²) in [5.74, 6) is 2.29. The Bertz CT molecular complexity index is 442. The third-order valence-electron chi connectivity index (χ3n) is 3.00. The van der Waals surface area contributed by atoms with Crippen LogP contribution in [-0.2, 0) is 0 Å². The molecular formula is C13H19N3OS. The van der Waals surface area contributed by atoms with Crippen molar-refractivity contribution in [3.8, 4) is 0 Å². The molecule has 0 aliphatic carbocycles. The van der Waals surface area contributed by atoms with Crippen LogP contribution in [0.4, 0.5) is 11.4 Å². The van der Waals surface area contributed by atoms with Gasteiger partial charge in [0.15, 0.2) is 0 Å². The van der Waals surface area contributed by atoms with Crippen molar-refractivity contribution >= 4 is 29.0 Å². The van der Waals surface area contributed by atoms with Gasteiger partial charge < -0.3 is 16.0 Å². The normalized spacial score (nSPS) is 18.7. The second-order valence-corrected chi connectivity index (χ2v) is 5.86. The molecule has 1 heterocycles. The van der Waals surface area contributed by atoms with E-state index < -0.39 is 0 Å². The number of hydrogen-bond acceptors (Lipinski definition) is 4. The van der Waals surface area contributed by atoms with Crippen molar-refractivity contribution in [2.45, 2.75) is 12.5 Å². The zero-order chi connectivity index (χ0) is 13.1. The Morgan fingerprint density at radius 1 is 1.50 bits per heavy atom. The SMILES string of the molecule is CN(C)C(=O)c1ccc(N)c(NC2CCSC2)c1. The zero-order valence-corrected chi connectivity index (χ0v) is 11.6. The fourth-order valence-corrected chi connectivity index (χ4v) is 3.09. The number of carbonyl (C=O) groups excluding carboxylic acids is 1. The largest absolute Gasteiger partial charge is 0.397 e. The predicted octanol–water partition coefficient (Wildman–Crippen LogP) is 1.89. The molecule has 18 heavy (non-hydrogen) atoms. The highest BCUT2D eigenvalue weighted by Gasteiger charge is 2.17. The van der Waals surface area contributed by atoms with Crippen molar-refractivity contribution in [1.82, 2.24) is 4.90 Å². The molecule has 0 aromatic heterocycles. The quantitative estimate of drug-likeness (QED) is 0.819. The van der Waals surface area contributed by atoms with E-state index in [1.807, 2.05) is 17.8 Å². The van der Waals surface area contributed by atoms with E-state index in [-0.39, 0.29) is 5.91 Å². The molecule has 98 valence electrons. The molecule has 0 bridgehead atoms. The predicted molar refractivity (Wildman–Crippen MR) is 78.2 cm³/mol. The van der Waals surface area contributed by atoms with Crippen molar-refractivity contribution in [2.24, 2.45) is 0 Å². The average molecular weight is 265 g/mol. The second kappa shape index (κ2) is 5.52. The Morgan fingerprint density at radius 2 is 2.28 bits per heavy atom. The lowest BCUT2D eigenvalue weighted by Crippen LogP contribution is -2.23. The summed E-state index contributed by atoms with van der Waals surface area (Å²) in [5, 5.41) is 3.43. The van der Waals surface area contributed by atoms with E-state index >= 15 is 0 Å². The van der Waals surface area contributed by atoms with Crippen molar-refractivity contribution in [2.75, 3.05) is 36.7 Å². The Morgan fingerprint density at radius 3 is 2.89 bits per heavy atom. The van der Waals surface area contributed by atoms with Crippen LogP contribution in [0.2, 0.25) is 0 Å². The van der Waals surface area contributed by atoms with Gasteiger partial charge in [-0.2, -0.15) is 11.8 Å². The average Bonchev–Trinajstić information content (AvgIpc) is 2.84. The molecule has 0 spiro atoms. The maximum atomic E-state index is 11.9. The molecule has 1 atom stereocenters. The van der Waals surface area contributed by atoms with E-state index in [0.717, 1.165) is 17.9 Å². The molecule has 1 aliphatic rings. The van der Waals surface area contributed by atoms with E-state index in [0.29, 0.717) is 17.3 Å². The van der Waals surface area contributed by atoms with E-state index in [2.05, 4.69) is 5.32 Å². The topological polar surface area (TPSA) is 58.4 Å². The molecule has 1 aromatic rings. The summed E-state index contributed by atoms with van der Waals surface area (Å²) in [6, 6.07) is 5.87. The summed E-state index contributed by atoms with van der Waals surface area (Å²) in [5.41, 5.74) is 8.19. The molecule has 1 aliphatic heterocycles. The molecule has 3 N–H and O–H groups in total. The first-order chi connectivity index (χ1) is 8.58. The van der Waals surface area contributed by atoms with Crippen LogP contribution < -0.4 is 11.1 Å². The van der Waals surface area contributed by atoms with Crippen molar-refractivity contribution in [1.29, 1.82) is 0 Å². The molecule has 1 aromatic carbocycles. The molecule has 1 fully saturated rings. The smallest absolute Gasteiger partial charge is 0.253 e. The number of amides is 1. The summed E-state index contributed by atoms with van der Waals surface area (Å²) in [6.07, 6.45) is 1.15. The minimum Gasteiger partial charge on any atom is -0.397 e. The Labute approximate surface area is 112 Å². The summed E-state index contributed by atoms with van der Waals surface area (Å²) >= 11 is 1.94. The number of rotatable bonds is 3. The molecular weight excluding hydrogens is 246 g/mol. The first-order valence-corrected chi connectivity index (χ1v) is 7.19. The maximum absolute atomic E-state index is 11.9. The van der Waals surface area contributed by atoms with Crippen LogP contribution in [0.3, 0.4) is 0 Å². The van der Waals surface area contributed by atoms with Gasteiger partial charge in [-0.1, -0.05) is 0 Å². The molecule has 1 saturated heterocycles. The Hall–Kier alpha value is -1.36. The highest BCUT2D eigenvalue weighted by Crippen LogP contribution is 2.26. The third kappa shape index (κ3) is 2.90. The molecule has 5 heteroatoms.